The molecule has 8 heteroatoms. The van der Waals surface area contributed by atoms with Gasteiger partial charge in [0.05, 0.1) is 19.3 Å². The molecule has 3 heterocycles. The molecule has 0 bridgehead atoms. The summed E-state index contributed by atoms with van der Waals surface area (Å²) in [5.74, 6) is 1.11. The van der Waals surface area contributed by atoms with Crippen LogP contribution in [0.4, 0.5) is 0 Å². The Morgan fingerprint density at radius 3 is 2.80 bits per heavy atom. The Morgan fingerprint density at radius 2 is 2.10 bits per heavy atom. The second-order valence-corrected chi connectivity index (χ2v) is 7.83. The smallest absolute Gasteiger partial charge is 0.271 e. The first-order valence-electron chi connectivity index (χ1n) is 10.2. The van der Waals surface area contributed by atoms with Crippen LogP contribution in [-0.4, -0.2) is 53.4 Å². The van der Waals surface area contributed by atoms with E-state index in [4.69, 9.17) is 4.74 Å². The van der Waals surface area contributed by atoms with E-state index in [1.165, 1.54) is 10.9 Å². The number of hydrogen-bond acceptors (Lipinski definition) is 4. The van der Waals surface area contributed by atoms with E-state index in [0.717, 1.165) is 30.8 Å². The fourth-order valence-corrected chi connectivity index (χ4v) is 4.29. The topological polar surface area (TPSA) is 101 Å². The minimum Gasteiger partial charge on any atom is -0.381 e. The van der Waals surface area contributed by atoms with Crippen molar-refractivity contribution in [3.63, 3.8) is 0 Å². The van der Waals surface area contributed by atoms with Crippen molar-refractivity contribution in [3.05, 3.63) is 53.5 Å². The first kappa shape index (κ1) is 20.2. The van der Waals surface area contributed by atoms with Crippen molar-refractivity contribution in [2.75, 3.05) is 20.3 Å². The Hall–Kier alpha value is -3.13. The second kappa shape index (κ2) is 8.31. The van der Waals surface area contributed by atoms with Gasteiger partial charge in [-0.3, -0.25) is 14.3 Å². The van der Waals surface area contributed by atoms with E-state index in [1.54, 1.807) is 7.05 Å². The Kier molecular flexibility index (Phi) is 5.59. The summed E-state index contributed by atoms with van der Waals surface area (Å²) < 4.78 is 7.02. The van der Waals surface area contributed by atoms with Gasteiger partial charge in [-0.05, 0) is 37.6 Å². The van der Waals surface area contributed by atoms with E-state index in [2.05, 4.69) is 45.8 Å². The number of aromatic amines is 1. The second-order valence-electron chi connectivity index (χ2n) is 7.83. The highest BCUT2D eigenvalue weighted by Crippen LogP contribution is 2.43. The summed E-state index contributed by atoms with van der Waals surface area (Å²) >= 11 is 0. The van der Waals surface area contributed by atoms with Crippen molar-refractivity contribution in [2.24, 2.45) is 11.8 Å². The largest absolute Gasteiger partial charge is 0.381 e. The SMILES string of the molecule is CNC(=O)c1cc(C)n(C(C)c2cccc3[nH]ccc23)n1.O=CNC1C2COCC21. The molecular weight excluding hydrogens is 382 g/mol. The predicted octanol–water partition coefficient (Wildman–Crippen LogP) is 2.02. The van der Waals surface area contributed by atoms with Crippen LogP contribution in [0.1, 0.15) is 34.7 Å². The molecule has 3 N–H and O–H groups in total. The van der Waals surface area contributed by atoms with Crippen LogP contribution in [0.3, 0.4) is 0 Å². The lowest BCUT2D eigenvalue weighted by molar-refractivity contribution is -0.109. The van der Waals surface area contributed by atoms with Crippen LogP contribution >= 0.6 is 0 Å². The number of ether oxygens (including phenoxy) is 1. The third-order valence-electron chi connectivity index (χ3n) is 6.04. The number of amides is 2. The fraction of sp³-hybridized carbons (Fsp3) is 0.409. The summed E-state index contributed by atoms with van der Waals surface area (Å²) in [5.41, 5.74) is 3.70. The molecule has 2 aromatic heterocycles. The molecule has 3 unspecified atom stereocenters. The highest BCUT2D eigenvalue weighted by atomic mass is 16.5. The van der Waals surface area contributed by atoms with Crippen molar-refractivity contribution in [2.45, 2.75) is 25.9 Å². The lowest BCUT2D eigenvalue weighted by Gasteiger charge is -2.16. The molecule has 2 amide bonds. The highest BCUT2D eigenvalue weighted by molar-refractivity contribution is 5.92. The van der Waals surface area contributed by atoms with Gasteiger partial charge in [-0.15, -0.1) is 0 Å². The van der Waals surface area contributed by atoms with Crippen LogP contribution in [0, 0.1) is 18.8 Å². The molecule has 1 aliphatic carbocycles. The van der Waals surface area contributed by atoms with Crippen LogP contribution < -0.4 is 10.6 Å². The zero-order chi connectivity index (χ0) is 21.3. The van der Waals surface area contributed by atoms with Gasteiger partial charge in [-0.25, -0.2) is 0 Å². The molecule has 2 fully saturated rings. The van der Waals surface area contributed by atoms with E-state index in [9.17, 15) is 9.59 Å². The molecule has 0 radical (unpaired) electrons. The Morgan fingerprint density at radius 1 is 1.33 bits per heavy atom. The summed E-state index contributed by atoms with van der Waals surface area (Å²) in [7, 11) is 1.61. The molecule has 1 saturated carbocycles. The zero-order valence-corrected chi connectivity index (χ0v) is 17.4. The van der Waals surface area contributed by atoms with Gasteiger partial charge >= 0.3 is 0 Å². The zero-order valence-electron chi connectivity index (χ0n) is 17.4. The Balaban J connectivity index is 0.000000200. The third kappa shape index (κ3) is 3.70. The van der Waals surface area contributed by atoms with Crippen molar-refractivity contribution in [1.82, 2.24) is 25.4 Å². The summed E-state index contributed by atoms with van der Waals surface area (Å²) in [6, 6.07) is 10.6. The molecular formula is C22H27N5O3. The number of H-pyrrole nitrogens is 1. The van der Waals surface area contributed by atoms with E-state index >= 15 is 0 Å². The summed E-state index contributed by atoms with van der Waals surface area (Å²) in [5, 5.41) is 11.0. The van der Waals surface area contributed by atoms with Crippen LogP contribution in [0.15, 0.2) is 36.5 Å². The maximum Gasteiger partial charge on any atom is 0.271 e. The van der Waals surface area contributed by atoms with Crippen LogP contribution in [0.2, 0.25) is 0 Å². The molecule has 2 aliphatic rings. The number of hydrogen-bond donors (Lipinski definition) is 3. The Bertz CT molecular complexity index is 1050. The Labute approximate surface area is 175 Å². The number of nitrogens with one attached hydrogen (secondary N) is 3. The lowest BCUT2D eigenvalue weighted by atomic mass is 10.0. The van der Waals surface area contributed by atoms with Gasteiger partial charge in [0.25, 0.3) is 5.91 Å². The first-order valence-corrected chi connectivity index (χ1v) is 10.2. The minimum absolute atomic E-state index is 0.0582. The van der Waals surface area contributed by atoms with Gasteiger partial charge < -0.3 is 20.4 Å². The summed E-state index contributed by atoms with van der Waals surface area (Å²) in [6.07, 6.45) is 2.72. The van der Waals surface area contributed by atoms with Gasteiger partial charge in [-0.2, -0.15) is 5.10 Å². The normalized spacial score (nSPS) is 22.6. The molecule has 0 spiro atoms. The molecule has 3 atom stereocenters. The van der Waals surface area contributed by atoms with Gasteiger partial charge in [-0.1, -0.05) is 12.1 Å². The molecule has 1 aromatic carbocycles. The molecule has 8 nitrogen and oxygen atoms in total. The number of carbonyl (C=O) groups excluding carboxylic acids is 2. The quantitative estimate of drug-likeness (QED) is 0.561. The predicted molar refractivity (Wildman–Crippen MR) is 113 cm³/mol. The number of benzene rings is 1. The van der Waals surface area contributed by atoms with Crippen LogP contribution in [0.25, 0.3) is 10.9 Å². The van der Waals surface area contributed by atoms with E-state index in [1.807, 2.05) is 29.9 Å². The number of fused-ring (bicyclic) bond motifs is 2. The maximum absolute atomic E-state index is 11.7. The van der Waals surface area contributed by atoms with Crippen molar-refractivity contribution in [3.8, 4) is 0 Å². The highest BCUT2D eigenvalue weighted by Gasteiger charge is 2.53. The maximum atomic E-state index is 11.7. The molecule has 3 aromatic rings. The number of aromatic nitrogens is 3. The molecule has 158 valence electrons. The van der Waals surface area contributed by atoms with E-state index < -0.39 is 0 Å². The van der Waals surface area contributed by atoms with Crippen molar-refractivity contribution in [1.29, 1.82) is 0 Å². The molecule has 5 rings (SSSR count). The lowest BCUT2D eigenvalue weighted by Crippen LogP contribution is -2.20. The summed E-state index contributed by atoms with van der Waals surface area (Å²) in [6.45, 7) is 5.74. The van der Waals surface area contributed by atoms with Crippen molar-refractivity contribution < 1.29 is 14.3 Å². The fourth-order valence-electron chi connectivity index (χ4n) is 4.29. The molecule has 1 saturated heterocycles. The number of carbonyl (C=O) groups is 2. The molecule has 1 aliphatic heterocycles. The van der Waals surface area contributed by atoms with Gasteiger partial charge in [0.1, 0.15) is 5.69 Å². The first-order chi connectivity index (χ1) is 14.5. The standard InChI is InChI=1S/C16H18N4O.C6H9NO2/c1-10-9-15(16(21)17-3)19-20(10)11(2)12-5-4-6-14-13(12)7-8-18-14;8-3-7-6-4-1-9-2-5(4)6/h4-9,11,18H,1-3H3,(H,17,21);3-6H,1-2H2,(H,7,8). The number of aryl methyl sites for hydroxylation is 1. The van der Waals surface area contributed by atoms with E-state index in [0.29, 0.717) is 23.6 Å². The number of rotatable bonds is 5. The van der Waals surface area contributed by atoms with Crippen LogP contribution in [0.5, 0.6) is 0 Å². The van der Waals surface area contributed by atoms with Gasteiger partial charge in [0.15, 0.2) is 0 Å². The number of nitrogens with zero attached hydrogens (tertiary/aromatic N) is 2. The van der Waals surface area contributed by atoms with Crippen LogP contribution in [-0.2, 0) is 9.53 Å². The van der Waals surface area contributed by atoms with Crippen molar-refractivity contribution >= 4 is 23.2 Å². The van der Waals surface area contributed by atoms with Gasteiger partial charge in [0.2, 0.25) is 6.41 Å². The summed E-state index contributed by atoms with van der Waals surface area (Å²) in [4.78, 5) is 24.9. The average Bonchev–Trinajstić information content (AvgIpc) is 3.25. The van der Waals surface area contributed by atoms with E-state index in [-0.39, 0.29) is 11.9 Å². The van der Waals surface area contributed by atoms with Gasteiger partial charge in [0, 0.05) is 47.7 Å². The third-order valence-corrected chi connectivity index (χ3v) is 6.04. The average molecular weight is 409 g/mol. The molecule has 30 heavy (non-hydrogen) atoms. The minimum atomic E-state index is -0.163. The monoisotopic (exact) mass is 409 g/mol.